The van der Waals surface area contributed by atoms with Crippen LogP contribution in [0.15, 0.2) is 18.2 Å². The van der Waals surface area contributed by atoms with Gasteiger partial charge in [0.25, 0.3) is 0 Å². The van der Waals surface area contributed by atoms with Crippen molar-refractivity contribution in [3.05, 3.63) is 34.9 Å². The lowest BCUT2D eigenvalue weighted by Crippen LogP contribution is -2.28. The van der Waals surface area contributed by atoms with E-state index < -0.39 is 5.97 Å². The Balaban J connectivity index is 2.37. The molecule has 0 saturated carbocycles. The fraction of sp³-hybridized carbons (Fsp3) is 0.438. The van der Waals surface area contributed by atoms with Gasteiger partial charge < -0.3 is 9.84 Å². The molecule has 0 saturated heterocycles. The standard InChI is InChI=1S/C16H20O3/c1-10(8-14(17)18)13-7-11(2)15-12(9-13)5-6-16(3,4)19-15/h5-7,9-10H,8H2,1-4H3,(H,17,18). The lowest BCUT2D eigenvalue weighted by molar-refractivity contribution is -0.137. The fourth-order valence-electron chi connectivity index (χ4n) is 2.35. The van der Waals surface area contributed by atoms with Crippen LogP contribution in [0, 0.1) is 6.92 Å². The summed E-state index contributed by atoms with van der Waals surface area (Å²) in [5.41, 5.74) is 2.85. The Morgan fingerprint density at radius 1 is 1.42 bits per heavy atom. The minimum atomic E-state index is -0.768. The molecule has 1 atom stereocenters. The third-order valence-corrected chi connectivity index (χ3v) is 3.40. The molecular weight excluding hydrogens is 240 g/mol. The van der Waals surface area contributed by atoms with Gasteiger partial charge in [-0.1, -0.05) is 19.1 Å². The smallest absolute Gasteiger partial charge is 0.303 e. The van der Waals surface area contributed by atoms with Gasteiger partial charge in [-0.3, -0.25) is 4.79 Å². The molecule has 1 aliphatic heterocycles. The summed E-state index contributed by atoms with van der Waals surface area (Å²) >= 11 is 0. The van der Waals surface area contributed by atoms with Gasteiger partial charge >= 0.3 is 5.97 Å². The number of hydrogen-bond donors (Lipinski definition) is 1. The van der Waals surface area contributed by atoms with Gasteiger partial charge in [-0.25, -0.2) is 0 Å². The van der Waals surface area contributed by atoms with E-state index in [1.165, 1.54) is 0 Å². The van der Waals surface area contributed by atoms with E-state index in [1.807, 2.05) is 45.9 Å². The van der Waals surface area contributed by atoms with Crippen LogP contribution in [0.2, 0.25) is 0 Å². The first-order chi connectivity index (χ1) is 8.78. The summed E-state index contributed by atoms with van der Waals surface area (Å²) in [4.78, 5) is 10.8. The highest BCUT2D eigenvalue weighted by atomic mass is 16.5. The largest absolute Gasteiger partial charge is 0.483 e. The average Bonchev–Trinajstić information content (AvgIpc) is 2.28. The van der Waals surface area contributed by atoms with Crippen molar-refractivity contribution >= 4 is 12.0 Å². The van der Waals surface area contributed by atoms with Gasteiger partial charge in [0.05, 0.1) is 6.42 Å². The van der Waals surface area contributed by atoms with Crippen molar-refractivity contribution in [3.63, 3.8) is 0 Å². The molecule has 1 aliphatic rings. The van der Waals surface area contributed by atoms with E-state index in [9.17, 15) is 4.79 Å². The Kier molecular flexibility index (Phi) is 3.40. The number of ether oxygens (including phenoxy) is 1. The van der Waals surface area contributed by atoms with E-state index in [0.29, 0.717) is 0 Å². The first-order valence-electron chi connectivity index (χ1n) is 6.53. The number of carboxylic acids is 1. The minimum absolute atomic E-state index is 0.00448. The van der Waals surface area contributed by atoms with Gasteiger partial charge in [0, 0.05) is 5.56 Å². The molecule has 1 aromatic rings. The molecule has 0 aromatic heterocycles. The molecule has 3 heteroatoms. The molecule has 3 nitrogen and oxygen atoms in total. The van der Waals surface area contributed by atoms with E-state index in [4.69, 9.17) is 9.84 Å². The van der Waals surface area contributed by atoms with Gasteiger partial charge in [0.1, 0.15) is 11.4 Å². The fourth-order valence-corrected chi connectivity index (χ4v) is 2.35. The Bertz CT molecular complexity index is 541. The second-order valence-electron chi connectivity index (χ2n) is 5.79. The highest BCUT2D eigenvalue weighted by Gasteiger charge is 2.24. The van der Waals surface area contributed by atoms with Crippen LogP contribution in [0.4, 0.5) is 0 Å². The summed E-state index contributed by atoms with van der Waals surface area (Å²) in [6, 6.07) is 4.06. The normalized spacial score (nSPS) is 17.5. The van der Waals surface area contributed by atoms with Crippen molar-refractivity contribution in [3.8, 4) is 5.75 Å². The highest BCUT2D eigenvalue weighted by molar-refractivity contribution is 5.69. The summed E-state index contributed by atoms with van der Waals surface area (Å²) in [6.45, 7) is 7.98. The molecule has 1 aromatic carbocycles. The van der Waals surface area contributed by atoms with E-state index in [-0.39, 0.29) is 17.9 Å². The van der Waals surface area contributed by atoms with Crippen LogP contribution in [0.1, 0.15) is 49.8 Å². The predicted octanol–water partition coefficient (Wildman–Crippen LogP) is 3.76. The Morgan fingerprint density at radius 3 is 2.74 bits per heavy atom. The molecule has 1 N–H and O–H groups in total. The number of rotatable bonds is 3. The first-order valence-corrected chi connectivity index (χ1v) is 6.53. The Morgan fingerprint density at radius 2 is 2.11 bits per heavy atom. The third kappa shape index (κ3) is 2.98. The van der Waals surface area contributed by atoms with Crippen molar-refractivity contribution < 1.29 is 14.6 Å². The second kappa shape index (κ2) is 4.72. The van der Waals surface area contributed by atoms with Crippen LogP contribution < -0.4 is 4.74 Å². The lowest BCUT2D eigenvalue weighted by Gasteiger charge is -2.29. The second-order valence-corrected chi connectivity index (χ2v) is 5.79. The van der Waals surface area contributed by atoms with Crippen LogP contribution in [0.3, 0.4) is 0 Å². The number of aryl methyl sites for hydroxylation is 1. The number of carbonyl (C=O) groups is 1. The molecule has 1 unspecified atom stereocenters. The summed E-state index contributed by atoms with van der Waals surface area (Å²) in [5.74, 6) is 0.138. The summed E-state index contributed by atoms with van der Waals surface area (Å²) in [7, 11) is 0. The number of carboxylic acid groups (broad SMARTS) is 1. The summed E-state index contributed by atoms with van der Waals surface area (Å²) < 4.78 is 5.96. The first kappa shape index (κ1) is 13.7. The molecule has 0 radical (unpaired) electrons. The molecular formula is C16H20O3. The molecule has 102 valence electrons. The highest BCUT2D eigenvalue weighted by Crippen LogP contribution is 2.36. The molecule has 0 aliphatic carbocycles. The topological polar surface area (TPSA) is 46.5 Å². The van der Waals surface area contributed by atoms with Gasteiger partial charge in [0.2, 0.25) is 0 Å². The molecule has 0 spiro atoms. The van der Waals surface area contributed by atoms with E-state index in [0.717, 1.165) is 22.4 Å². The van der Waals surface area contributed by atoms with Gasteiger partial charge in [-0.05, 0) is 50.0 Å². The van der Waals surface area contributed by atoms with E-state index in [2.05, 4.69) is 6.08 Å². The predicted molar refractivity (Wildman–Crippen MR) is 75.6 cm³/mol. The zero-order valence-corrected chi connectivity index (χ0v) is 11.9. The number of fused-ring (bicyclic) bond motifs is 1. The lowest BCUT2D eigenvalue weighted by atomic mass is 9.91. The van der Waals surface area contributed by atoms with Crippen LogP contribution in [0.5, 0.6) is 5.75 Å². The zero-order chi connectivity index (χ0) is 14.2. The third-order valence-electron chi connectivity index (χ3n) is 3.40. The molecule has 2 rings (SSSR count). The van der Waals surface area contributed by atoms with Crippen LogP contribution in [-0.2, 0) is 4.79 Å². The average molecular weight is 260 g/mol. The van der Waals surface area contributed by atoms with Crippen molar-refractivity contribution in [2.24, 2.45) is 0 Å². The van der Waals surface area contributed by atoms with Gasteiger partial charge in [-0.2, -0.15) is 0 Å². The van der Waals surface area contributed by atoms with Crippen molar-refractivity contribution in [2.75, 3.05) is 0 Å². The van der Waals surface area contributed by atoms with Crippen molar-refractivity contribution in [1.29, 1.82) is 0 Å². The summed E-state index contributed by atoms with van der Waals surface area (Å²) in [5, 5.41) is 8.88. The Hall–Kier alpha value is -1.77. The molecule has 0 amide bonds. The zero-order valence-electron chi connectivity index (χ0n) is 11.9. The molecule has 0 bridgehead atoms. The molecule has 1 heterocycles. The number of aliphatic carboxylic acids is 1. The van der Waals surface area contributed by atoms with Crippen LogP contribution in [0.25, 0.3) is 6.08 Å². The SMILES string of the molecule is Cc1cc(C(C)CC(=O)O)cc2c1OC(C)(C)C=C2. The van der Waals surface area contributed by atoms with Crippen LogP contribution in [-0.4, -0.2) is 16.7 Å². The maximum atomic E-state index is 10.8. The Labute approximate surface area is 113 Å². The molecule has 0 fully saturated rings. The van der Waals surface area contributed by atoms with Gasteiger partial charge in [0.15, 0.2) is 0 Å². The van der Waals surface area contributed by atoms with Crippen molar-refractivity contribution in [1.82, 2.24) is 0 Å². The summed E-state index contributed by atoms with van der Waals surface area (Å²) in [6.07, 6.45) is 4.23. The number of benzene rings is 1. The maximum Gasteiger partial charge on any atom is 0.303 e. The van der Waals surface area contributed by atoms with Crippen LogP contribution >= 0.6 is 0 Å². The van der Waals surface area contributed by atoms with Gasteiger partial charge in [-0.15, -0.1) is 0 Å². The van der Waals surface area contributed by atoms with E-state index in [1.54, 1.807) is 0 Å². The molecule has 19 heavy (non-hydrogen) atoms. The van der Waals surface area contributed by atoms with E-state index >= 15 is 0 Å². The minimum Gasteiger partial charge on any atom is -0.483 e. The number of hydrogen-bond acceptors (Lipinski definition) is 2. The quantitative estimate of drug-likeness (QED) is 0.900. The van der Waals surface area contributed by atoms with Crippen molar-refractivity contribution in [2.45, 2.75) is 45.6 Å². The maximum absolute atomic E-state index is 10.8. The monoisotopic (exact) mass is 260 g/mol.